The van der Waals surface area contributed by atoms with Gasteiger partial charge in [-0.25, -0.2) is 0 Å². The van der Waals surface area contributed by atoms with Crippen molar-refractivity contribution in [1.29, 1.82) is 0 Å². The van der Waals surface area contributed by atoms with Gasteiger partial charge < -0.3 is 0 Å². The van der Waals surface area contributed by atoms with Crippen LogP contribution in [0.5, 0.6) is 0 Å². The van der Waals surface area contributed by atoms with Crippen LogP contribution < -0.4 is 0 Å². The summed E-state index contributed by atoms with van der Waals surface area (Å²) in [6.45, 7) is 1.99. The Morgan fingerprint density at radius 2 is 1.94 bits per heavy atom. The first-order chi connectivity index (χ1) is 16.3. The third kappa shape index (κ3) is 4.87. The third-order valence-corrected chi connectivity index (χ3v) is 6.12. The maximum absolute atomic E-state index is 4.80. The Bertz CT molecular complexity index is 1310. The molecule has 0 radical (unpaired) electrons. The summed E-state index contributed by atoms with van der Waals surface area (Å²) in [5.74, 6) is 0. The van der Waals surface area contributed by atoms with Crippen LogP contribution >= 0.6 is 0 Å². The molecule has 0 bridgehead atoms. The highest BCUT2D eigenvalue weighted by atomic mass is 15.1. The van der Waals surface area contributed by atoms with Gasteiger partial charge in [-0.2, -0.15) is 5.10 Å². The minimum Gasteiger partial charge on any atom is -0.284 e. The van der Waals surface area contributed by atoms with Gasteiger partial charge >= 0.3 is 0 Å². The number of pyridine rings is 2. The van der Waals surface area contributed by atoms with Crippen LogP contribution in [0, 0.1) is 6.92 Å². The maximum atomic E-state index is 4.80. The van der Waals surface area contributed by atoms with Gasteiger partial charge in [0.05, 0.1) is 11.4 Å². The number of H-pyrrole nitrogens is 1. The summed E-state index contributed by atoms with van der Waals surface area (Å²) < 4.78 is 0. The second-order valence-corrected chi connectivity index (χ2v) is 8.57. The lowest BCUT2D eigenvalue weighted by Crippen LogP contribution is -1.93. The molecular weight excluding hydrogens is 404 g/mol. The Labute approximate surface area is 195 Å². The number of aromatic nitrogens is 4. The van der Waals surface area contributed by atoms with Crippen molar-refractivity contribution in [3.05, 3.63) is 94.8 Å². The van der Waals surface area contributed by atoms with Crippen LogP contribution in [0.1, 0.15) is 66.6 Å². The van der Waals surface area contributed by atoms with Crippen LogP contribution in [0.4, 0.5) is 0 Å². The molecule has 5 rings (SSSR count). The minimum atomic E-state index is 0.833. The van der Waals surface area contributed by atoms with Crippen molar-refractivity contribution in [2.24, 2.45) is 0 Å². The van der Waals surface area contributed by atoms with Gasteiger partial charge in [0.25, 0.3) is 0 Å². The number of fused-ring (bicyclic) bond motifs is 1. The van der Waals surface area contributed by atoms with Crippen LogP contribution in [0.3, 0.4) is 0 Å². The van der Waals surface area contributed by atoms with E-state index in [-0.39, 0.29) is 0 Å². The Balaban J connectivity index is 1.47. The summed E-state index contributed by atoms with van der Waals surface area (Å²) >= 11 is 0. The third-order valence-electron chi connectivity index (χ3n) is 6.12. The summed E-state index contributed by atoms with van der Waals surface area (Å²) in [5, 5.41) is 7.47. The molecule has 0 saturated carbocycles. The summed E-state index contributed by atoms with van der Waals surface area (Å²) in [4.78, 5) is 9.44. The molecule has 0 unspecified atom stereocenters. The molecule has 0 aromatic carbocycles. The maximum Gasteiger partial charge on any atom is 0.119 e. The highest BCUT2D eigenvalue weighted by Gasteiger charge is 2.14. The van der Waals surface area contributed by atoms with Crippen molar-refractivity contribution in [2.45, 2.75) is 45.4 Å². The number of hydrogen-bond donors (Lipinski definition) is 1. The number of aryl methyl sites for hydroxylation is 1. The normalized spacial score (nSPS) is 18.6. The molecule has 3 aromatic rings. The molecule has 4 heteroatoms. The van der Waals surface area contributed by atoms with Gasteiger partial charge in [0.15, 0.2) is 0 Å². The largest absolute Gasteiger partial charge is 0.284 e. The molecule has 4 nitrogen and oxygen atoms in total. The molecule has 0 amide bonds. The summed E-state index contributed by atoms with van der Waals surface area (Å²) in [6.07, 6.45) is 24.1. The Kier molecular flexibility index (Phi) is 6.27. The number of hydrogen-bond acceptors (Lipinski definition) is 3. The van der Waals surface area contributed by atoms with E-state index in [4.69, 9.17) is 4.98 Å². The van der Waals surface area contributed by atoms with Crippen LogP contribution in [0.15, 0.2) is 66.7 Å². The summed E-state index contributed by atoms with van der Waals surface area (Å²) in [7, 11) is 0. The zero-order valence-corrected chi connectivity index (χ0v) is 19.0. The molecule has 3 heterocycles. The average Bonchev–Trinajstić information content (AvgIpc) is 3.23. The second-order valence-electron chi connectivity index (χ2n) is 8.57. The number of nitrogens with one attached hydrogen (secondary N) is 1. The van der Waals surface area contributed by atoms with Crippen LogP contribution in [-0.2, 0) is 0 Å². The lowest BCUT2D eigenvalue weighted by molar-refractivity contribution is 0.824. The average molecular weight is 433 g/mol. The zero-order chi connectivity index (χ0) is 22.5. The first-order valence-corrected chi connectivity index (χ1v) is 11.8. The van der Waals surface area contributed by atoms with Crippen molar-refractivity contribution in [3.8, 4) is 11.4 Å². The molecule has 164 valence electrons. The van der Waals surface area contributed by atoms with Gasteiger partial charge in [0.1, 0.15) is 5.69 Å². The molecule has 0 spiro atoms. The van der Waals surface area contributed by atoms with Crippen molar-refractivity contribution in [1.82, 2.24) is 20.2 Å². The molecule has 2 aliphatic carbocycles. The molecule has 1 N–H and O–H groups in total. The van der Waals surface area contributed by atoms with E-state index in [2.05, 4.69) is 57.4 Å². The molecule has 0 fully saturated rings. The van der Waals surface area contributed by atoms with E-state index in [1.807, 2.05) is 43.6 Å². The Morgan fingerprint density at radius 1 is 1.03 bits per heavy atom. The molecule has 0 atom stereocenters. The number of nitrogens with zero attached hydrogens (tertiary/aromatic N) is 3. The predicted octanol–water partition coefficient (Wildman–Crippen LogP) is 7.19. The van der Waals surface area contributed by atoms with E-state index >= 15 is 0 Å². The van der Waals surface area contributed by atoms with Crippen LogP contribution in [-0.4, -0.2) is 20.2 Å². The van der Waals surface area contributed by atoms with Gasteiger partial charge in [-0.1, -0.05) is 24.3 Å². The molecule has 33 heavy (non-hydrogen) atoms. The Hall–Kier alpha value is -3.75. The van der Waals surface area contributed by atoms with E-state index < -0.39 is 0 Å². The molecule has 3 aromatic heterocycles. The van der Waals surface area contributed by atoms with Crippen molar-refractivity contribution >= 4 is 23.3 Å². The summed E-state index contributed by atoms with van der Waals surface area (Å²) in [5.41, 5.74) is 12.8. The van der Waals surface area contributed by atoms with Gasteiger partial charge in [0, 0.05) is 34.8 Å². The van der Waals surface area contributed by atoms with Gasteiger partial charge in [-0.05, 0) is 93.0 Å². The standard InChI is InChI=1S/C29H28N4/c1-21-10-9-13-28(32-21)29-26(20-31-33-29)23-14-15-24-18-25(19-30-27(24)17-16-23)22-11-7-5-3-2-4-6-8-12-22/h2-3,9-10,12-13,15-20H,4-8,11H2,1H3,(H,31,33)/b3-2+,22-12+. The lowest BCUT2D eigenvalue weighted by Gasteiger charge is -2.10. The molecule has 2 aliphatic rings. The Morgan fingerprint density at radius 3 is 2.85 bits per heavy atom. The SMILES string of the molecule is Cc1cccc(-c2n[nH]cc2C2=C=Cc3cc(/C4=C/CCC/C=C/CCC4)cnc3C=C2)n1. The van der Waals surface area contributed by atoms with Gasteiger partial charge in [-0.3, -0.25) is 15.1 Å². The summed E-state index contributed by atoms with van der Waals surface area (Å²) in [6, 6.07) is 8.25. The van der Waals surface area contributed by atoms with Gasteiger partial charge in [0.2, 0.25) is 0 Å². The second kappa shape index (κ2) is 9.81. The molecule has 0 saturated heterocycles. The zero-order valence-electron chi connectivity index (χ0n) is 19.0. The number of aromatic amines is 1. The lowest BCUT2D eigenvalue weighted by atomic mass is 9.96. The van der Waals surface area contributed by atoms with Gasteiger partial charge in [-0.15, -0.1) is 5.73 Å². The smallest absolute Gasteiger partial charge is 0.119 e. The van der Waals surface area contributed by atoms with E-state index in [1.165, 1.54) is 30.4 Å². The molecular formula is C29H28N4. The van der Waals surface area contributed by atoms with E-state index in [0.29, 0.717) is 0 Å². The predicted molar refractivity (Wildman–Crippen MR) is 136 cm³/mol. The quantitative estimate of drug-likeness (QED) is 0.352. The fraction of sp³-hybridized carbons (Fsp3) is 0.241. The first kappa shape index (κ1) is 21.1. The monoisotopic (exact) mass is 432 g/mol. The number of rotatable bonds is 3. The van der Waals surface area contributed by atoms with E-state index in [9.17, 15) is 0 Å². The van der Waals surface area contributed by atoms with Crippen molar-refractivity contribution in [2.75, 3.05) is 0 Å². The fourth-order valence-corrected chi connectivity index (χ4v) is 4.34. The van der Waals surface area contributed by atoms with E-state index in [1.54, 1.807) is 0 Å². The van der Waals surface area contributed by atoms with E-state index in [0.717, 1.165) is 58.7 Å². The number of allylic oxidation sites excluding steroid dienone is 6. The highest BCUT2D eigenvalue weighted by Crippen LogP contribution is 2.30. The van der Waals surface area contributed by atoms with Crippen molar-refractivity contribution in [3.63, 3.8) is 0 Å². The fourth-order valence-electron chi connectivity index (χ4n) is 4.34. The van der Waals surface area contributed by atoms with Crippen LogP contribution in [0.25, 0.3) is 34.7 Å². The van der Waals surface area contributed by atoms with Crippen LogP contribution in [0.2, 0.25) is 0 Å². The first-order valence-electron chi connectivity index (χ1n) is 11.8. The highest BCUT2D eigenvalue weighted by molar-refractivity contribution is 5.88. The minimum absolute atomic E-state index is 0.833. The van der Waals surface area contributed by atoms with Crippen molar-refractivity contribution < 1.29 is 0 Å². The molecule has 0 aliphatic heterocycles. The topological polar surface area (TPSA) is 54.5 Å².